The molecule has 3 heterocycles. The van der Waals surface area contributed by atoms with Gasteiger partial charge in [0.25, 0.3) is 5.91 Å². The Morgan fingerprint density at radius 2 is 1.36 bits per heavy atom. The molecule has 0 bridgehead atoms. The van der Waals surface area contributed by atoms with Crippen molar-refractivity contribution in [3.63, 3.8) is 0 Å². The number of anilines is 3. The van der Waals surface area contributed by atoms with Crippen LogP contribution in [0.25, 0.3) is 0 Å². The Balaban J connectivity index is 0.935. The number of hydrogen-bond donors (Lipinski definition) is 0. The molecule has 1 unspecified atom stereocenters. The molecule has 11 heteroatoms. The van der Waals surface area contributed by atoms with Crippen LogP contribution in [-0.2, 0) is 38.5 Å². The van der Waals surface area contributed by atoms with E-state index in [0.29, 0.717) is 10.0 Å². The summed E-state index contributed by atoms with van der Waals surface area (Å²) < 4.78 is 6.10. The average Bonchev–Trinajstić information content (AvgIpc) is 3.31. The van der Waals surface area contributed by atoms with Gasteiger partial charge in [-0.1, -0.05) is 90.7 Å². The number of thioether (sulfide) groups is 1. The van der Waals surface area contributed by atoms with E-state index < -0.39 is 17.8 Å². The van der Waals surface area contributed by atoms with Crippen LogP contribution < -0.4 is 9.80 Å². The van der Waals surface area contributed by atoms with E-state index in [4.69, 9.17) is 17.0 Å². The van der Waals surface area contributed by atoms with Gasteiger partial charge in [-0.05, 0) is 65.9 Å². The number of carbonyl (C=O) groups excluding carboxylic acids is 4. The van der Waals surface area contributed by atoms with Crippen molar-refractivity contribution < 1.29 is 23.9 Å². The van der Waals surface area contributed by atoms with E-state index in [0.717, 1.165) is 73.0 Å². The van der Waals surface area contributed by atoms with Gasteiger partial charge in [-0.15, -0.1) is 0 Å². The highest BCUT2D eigenvalue weighted by Gasteiger charge is 2.41. The normalized spacial score (nSPS) is 17.6. The summed E-state index contributed by atoms with van der Waals surface area (Å²) in [6, 6.07) is 32.0. The number of amides is 3. The first-order valence-electron chi connectivity index (χ1n) is 16.7. The SMILES string of the molecule is O=C(OCC(=O)N1c2ccccc2CCc2ccccc21)c1ccc(N2C(=O)CC(SC(=S)N3CCN(Cc4ccccc4)CC3)C2=O)cc1. The number of nitrogens with zero attached hydrogens (tertiary/aromatic N) is 4. The smallest absolute Gasteiger partial charge is 0.338 e. The van der Waals surface area contributed by atoms with Gasteiger partial charge in [0.05, 0.1) is 22.6 Å². The van der Waals surface area contributed by atoms with Gasteiger partial charge in [0.2, 0.25) is 11.8 Å². The molecule has 3 amide bonds. The summed E-state index contributed by atoms with van der Waals surface area (Å²) in [4.78, 5) is 60.3. The number of imide groups is 1. The minimum Gasteiger partial charge on any atom is -0.452 e. The predicted octanol–water partition coefficient (Wildman–Crippen LogP) is 5.77. The molecular weight excluding hydrogens is 669 g/mol. The summed E-state index contributed by atoms with van der Waals surface area (Å²) in [6.07, 6.45) is 1.64. The van der Waals surface area contributed by atoms with Gasteiger partial charge in [-0.2, -0.15) is 0 Å². The number of aryl methyl sites for hydroxylation is 2. The number of para-hydroxylation sites is 2. The molecule has 0 spiro atoms. The molecule has 3 aliphatic rings. The van der Waals surface area contributed by atoms with Gasteiger partial charge >= 0.3 is 5.97 Å². The van der Waals surface area contributed by atoms with Crippen LogP contribution in [-0.4, -0.2) is 75.8 Å². The summed E-state index contributed by atoms with van der Waals surface area (Å²) >= 11 is 6.98. The molecule has 0 aliphatic carbocycles. The van der Waals surface area contributed by atoms with Crippen molar-refractivity contribution in [2.24, 2.45) is 0 Å². The molecule has 7 rings (SSSR count). The zero-order chi connectivity index (χ0) is 34.6. The number of fused-ring (bicyclic) bond motifs is 2. The molecule has 0 radical (unpaired) electrons. The summed E-state index contributed by atoms with van der Waals surface area (Å²) in [7, 11) is 0. The van der Waals surface area contributed by atoms with Crippen molar-refractivity contribution in [2.75, 3.05) is 42.6 Å². The predicted molar refractivity (Wildman–Crippen MR) is 199 cm³/mol. The van der Waals surface area contributed by atoms with E-state index in [1.165, 1.54) is 29.5 Å². The number of carbonyl (C=O) groups is 4. The highest BCUT2D eigenvalue weighted by atomic mass is 32.2. The van der Waals surface area contributed by atoms with Gasteiger partial charge in [-0.25, -0.2) is 9.69 Å². The van der Waals surface area contributed by atoms with Crippen molar-refractivity contribution >= 4 is 69.1 Å². The number of piperazine rings is 1. The second kappa shape index (κ2) is 15.0. The van der Waals surface area contributed by atoms with Crippen molar-refractivity contribution in [2.45, 2.75) is 31.1 Å². The molecular formula is C39H36N4O5S2. The number of hydrogen-bond acceptors (Lipinski definition) is 8. The summed E-state index contributed by atoms with van der Waals surface area (Å²) in [6.45, 7) is 3.69. The standard InChI is InChI=1S/C39H36N4O5S2/c44-35-24-34(50-39(49)41-22-20-40(21-23-41)25-27-8-2-1-3-9-27)37(46)42(35)31-18-16-30(17-19-31)38(47)48-26-36(45)43-32-12-6-4-10-28(32)14-15-29-11-5-7-13-33(29)43/h1-13,16-19,34H,14-15,20-26H2. The van der Waals surface area contributed by atoms with Crippen LogP contribution in [0.15, 0.2) is 103 Å². The third-order valence-corrected chi connectivity index (χ3v) is 11.0. The van der Waals surface area contributed by atoms with E-state index >= 15 is 0 Å². The van der Waals surface area contributed by atoms with E-state index in [9.17, 15) is 19.2 Å². The van der Waals surface area contributed by atoms with Crippen LogP contribution in [0, 0.1) is 0 Å². The largest absolute Gasteiger partial charge is 0.452 e. The summed E-state index contributed by atoms with van der Waals surface area (Å²) in [5.74, 6) is -1.69. The van der Waals surface area contributed by atoms with Crippen LogP contribution in [0.1, 0.15) is 33.5 Å². The van der Waals surface area contributed by atoms with Crippen molar-refractivity contribution in [1.82, 2.24) is 9.80 Å². The maximum absolute atomic E-state index is 13.6. The van der Waals surface area contributed by atoms with Crippen LogP contribution in [0.3, 0.4) is 0 Å². The Bertz CT molecular complexity index is 1880. The first kappa shape index (κ1) is 33.6. The quantitative estimate of drug-likeness (QED) is 0.135. The first-order valence-corrected chi connectivity index (χ1v) is 18.0. The molecule has 3 aliphatic heterocycles. The van der Waals surface area contributed by atoms with Gasteiger partial charge < -0.3 is 9.64 Å². The third-order valence-electron chi connectivity index (χ3n) is 9.29. The number of benzene rings is 4. The Morgan fingerprint density at radius 3 is 2.00 bits per heavy atom. The minimum atomic E-state index is -0.678. The Morgan fingerprint density at radius 1 is 0.760 bits per heavy atom. The molecule has 4 aromatic carbocycles. The van der Waals surface area contributed by atoms with E-state index in [1.54, 1.807) is 17.0 Å². The minimum absolute atomic E-state index is 0.0479. The van der Waals surface area contributed by atoms with Crippen LogP contribution in [0.4, 0.5) is 17.1 Å². The van der Waals surface area contributed by atoms with Crippen molar-refractivity contribution in [3.8, 4) is 0 Å². The van der Waals surface area contributed by atoms with Crippen molar-refractivity contribution in [1.29, 1.82) is 0 Å². The van der Waals surface area contributed by atoms with Crippen LogP contribution in [0.5, 0.6) is 0 Å². The highest BCUT2D eigenvalue weighted by molar-refractivity contribution is 8.23. The van der Waals surface area contributed by atoms with E-state index in [1.807, 2.05) is 66.7 Å². The molecule has 2 fully saturated rings. The van der Waals surface area contributed by atoms with Crippen LogP contribution in [0.2, 0.25) is 0 Å². The Labute approximate surface area is 300 Å². The molecule has 0 saturated carbocycles. The van der Waals surface area contributed by atoms with Crippen molar-refractivity contribution in [3.05, 3.63) is 125 Å². The second-order valence-corrected chi connectivity index (χ2v) is 14.3. The average molecular weight is 705 g/mol. The molecule has 1 atom stereocenters. The number of ether oxygens (including phenoxy) is 1. The molecule has 2 saturated heterocycles. The lowest BCUT2D eigenvalue weighted by Crippen LogP contribution is -2.47. The molecule has 50 heavy (non-hydrogen) atoms. The monoisotopic (exact) mass is 704 g/mol. The maximum atomic E-state index is 13.6. The zero-order valence-electron chi connectivity index (χ0n) is 27.4. The van der Waals surface area contributed by atoms with Gasteiger partial charge in [-0.3, -0.25) is 24.2 Å². The van der Waals surface area contributed by atoms with Gasteiger partial charge in [0, 0.05) is 39.1 Å². The third kappa shape index (κ3) is 7.21. The van der Waals surface area contributed by atoms with Crippen LogP contribution >= 0.6 is 24.0 Å². The highest BCUT2D eigenvalue weighted by Crippen LogP contribution is 2.36. The second-order valence-electron chi connectivity index (χ2n) is 12.5. The number of thiocarbonyl (C=S) groups is 1. The number of esters is 1. The first-order chi connectivity index (χ1) is 24.4. The summed E-state index contributed by atoms with van der Waals surface area (Å²) in [5.41, 5.74) is 5.50. The molecule has 0 aromatic heterocycles. The Kier molecular flexibility index (Phi) is 10.1. The fraction of sp³-hybridized carbons (Fsp3) is 0.256. The lowest BCUT2D eigenvalue weighted by atomic mass is 10.0. The maximum Gasteiger partial charge on any atom is 0.338 e. The van der Waals surface area contributed by atoms with E-state index in [2.05, 4.69) is 21.9 Å². The molecule has 9 nitrogen and oxygen atoms in total. The molecule has 4 aromatic rings. The van der Waals surface area contributed by atoms with Gasteiger partial charge in [0.1, 0.15) is 9.57 Å². The Hall–Kier alpha value is -4.84. The zero-order valence-corrected chi connectivity index (χ0v) is 29.0. The fourth-order valence-corrected chi connectivity index (χ4v) is 8.20. The fourth-order valence-electron chi connectivity index (χ4n) is 6.66. The van der Waals surface area contributed by atoms with Gasteiger partial charge in [0.15, 0.2) is 6.61 Å². The lowest BCUT2D eigenvalue weighted by molar-refractivity contribution is -0.122. The molecule has 0 N–H and O–H groups in total. The molecule has 254 valence electrons. The number of rotatable bonds is 7. The summed E-state index contributed by atoms with van der Waals surface area (Å²) in [5, 5.41) is -0.609. The topological polar surface area (TPSA) is 90.5 Å². The lowest BCUT2D eigenvalue weighted by Gasteiger charge is -2.36. The van der Waals surface area contributed by atoms with E-state index in [-0.39, 0.29) is 29.7 Å².